The minimum atomic E-state index is 0.557. The molecule has 3 nitrogen and oxygen atoms in total. The lowest BCUT2D eigenvalue weighted by Gasteiger charge is -2.03. The Morgan fingerprint density at radius 1 is 1.36 bits per heavy atom. The van der Waals surface area contributed by atoms with Crippen LogP contribution in [0.2, 0.25) is 0 Å². The highest BCUT2D eigenvalue weighted by molar-refractivity contribution is 14.1. The molecule has 0 fully saturated rings. The third-order valence-corrected chi connectivity index (χ3v) is 2.63. The second kappa shape index (κ2) is 3.61. The summed E-state index contributed by atoms with van der Waals surface area (Å²) in [4.78, 5) is 0. The smallest absolute Gasteiger partial charge is 0.146 e. The fourth-order valence-electron chi connectivity index (χ4n) is 1.37. The van der Waals surface area contributed by atoms with Crippen molar-refractivity contribution in [1.29, 1.82) is 0 Å². The van der Waals surface area contributed by atoms with Crippen molar-refractivity contribution < 1.29 is 0 Å². The summed E-state index contributed by atoms with van der Waals surface area (Å²) in [6.07, 6.45) is 0. The van der Waals surface area contributed by atoms with Gasteiger partial charge in [0.25, 0.3) is 0 Å². The standard InChI is InChI=1S/C10H10IN3/c1-7-5-10(12)13-14(7)9-4-2-3-8(11)6-9/h2-6H,1H3,(H2,12,13). The molecule has 0 unspecified atom stereocenters. The van der Waals surface area contributed by atoms with E-state index in [0.29, 0.717) is 5.82 Å². The lowest BCUT2D eigenvalue weighted by molar-refractivity contribution is 0.851. The van der Waals surface area contributed by atoms with E-state index >= 15 is 0 Å². The molecule has 0 amide bonds. The number of aryl methyl sites for hydroxylation is 1. The first-order chi connectivity index (χ1) is 6.66. The highest BCUT2D eigenvalue weighted by Gasteiger charge is 2.03. The Labute approximate surface area is 96.1 Å². The second-order valence-electron chi connectivity index (χ2n) is 3.10. The average Bonchev–Trinajstić information content (AvgIpc) is 2.45. The zero-order valence-electron chi connectivity index (χ0n) is 7.74. The fourth-order valence-corrected chi connectivity index (χ4v) is 1.89. The van der Waals surface area contributed by atoms with Gasteiger partial charge in [0, 0.05) is 15.3 Å². The van der Waals surface area contributed by atoms with E-state index in [4.69, 9.17) is 5.73 Å². The monoisotopic (exact) mass is 299 g/mol. The predicted octanol–water partition coefficient (Wildman–Crippen LogP) is 2.37. The summed E-state index contributed by atoms with van der Waals surface area (Å²) in [6.45, 7) is 1.99. The lowest BCUT2D eigenvalue weighted by atomic mass is 10.3. The average molecular weight is 299 g/mol. The van der Waals surface area contributed by atoms with Crippen molar-refractivity contribution in [2.45, 2.75) is 6.92 Å². The van der Waals surface area contributed by atoms with Crippen LogP contribution in [0.1, 0.15) is 5.69 Å². The Morgan fingerprint density at radius 3 is 2.71 bits per heavy atom. The number of aromatic nitrogens is 2. The number of benzene rings is 1. The van der Waals surface area contributed by atoms with Crippen LogP contribution in [-0.2, 0) is 0 Å². The summed E-state index contributed by atoms with van der Waals surface area (Å²) in [6, 6.07) is 10.0. The normalized spacial score (nSPS) is 10.4. The Hall–Kier alpha value is -1.04. The quantitative estimate of drug-likeness (QED) is 0.822. The zero-order chi connectivity index (χ0) is 10.1. The van der Waals surface area contributed by atoms with Crippen molar-refractivity contribution >= 4 is 28.4 Å². The topological polar surface area (TPSA) is 43.8 Å². The van der Waals surface area contributed by atoms with Crippen molar-refractivity contribution in [3.8, 4) is 5.69 Å². The molecular weight excluding hydrogens is 289 g/mol. The molecule has 72 valence electrons. The van der Waals surface area contributed by atoms with E-state index in [9.17, 15) is 0 Å². The molecule has 0 saturated carbocycles. The van der Waals surface area contributed by atoms with Gasteiger partial charge in [-0.15, -0.1) is 0 Å². The summed E-state index contributed by atoms with van der Waals surface area (Å²) in [5, 5.41) is 4.21. The number of nitrogens with two attached hydrogens (primary N) is 1. The highest BCUT2D eigenvalue weighted by atomic mass is 127. The fraction of sp³-hybridized carbons (Fsp3) is 0.100. The maximum absolute atomic E-state index is 5.62. The van der Waals surface area contributed by atoms with Gasteiger partial charge in [-0.05, 0) is 47.7 Å². The molecule has 0 bridgehead atoms. The van der Waals surface area contributed by atoms with Gasteiger partial charge in [0.1, 0.15) is 5.82 Å². The Kier molecular flexibility index (Phi) is 2.45. The van der Waals surface area contributed by atoms with Gasteiger partial charge >= 0.3 is 0 Å². The summed E-state index contributed by atoms with van der Waals surface area (Å²) < 4.78 is 3.03. The van der Waals surface area contributed by atoms with E-state index in [2.05, 4.69) is 33.8 Å². The largest absolute Gasteiger partial charge is 0.382 e. The maximum atomic E-state index is 5.62. The summed E-state index contributed by atoms with van der Waals surface area (Å²) >= 11 is 2.28. The molecule has 0 radical (unpaired) electrons. The number of halogens is 1. The van der Waals surface area contributed by atoms with E-state index in [0.717, 1.165) is 11.4 Å². The molecule has 0 saturated heterocycles. The molecule has 0 aliphatic rings. The van der Waals surface area contributed by atoms with Crippen molar-refractivity contribution in [3.05, 3.63) is 39.6 Å². The number of hydrogen-bond acceptors (Lipinski definition) is 2. The maximum Gasteiger partial charge on any atom is 0.146 e. The van der Waals surface area contributed by atoms with Gasteiger partial charge < -0.3 is 5.73 Å². The van der Waals surface area contributed by atoms with Gasteiger partial charge in [-0.3, -0.25) is 0 Å². The number of nitrogen functional groups attached to an aromatic ring is 1. The third kappa shape index (κ3) is 1.75. The minimum absolute atomic E-state index is 0.557. The molecule has 2 aromatic rings. The summed E-state index contributed by atoms with van der Waals surface area (Å²) in [5.74, 6) is 0.557. The molecule has 0 spiro atoms. The molecular formula is C10H10IN3. The Morgan fingerprint density at radius 2 is 2.14 bits per heavy atom. The number of anilines is 1. The van der Waals surface area contributed by atoms with Crippen LogP contribution in [0.25, 0.3) is 5.69 Å². The molecule has 2 rings (SSSR count). The van der Waals surface area contributed by atoms with Crippen LogP contribution in [0.15, 0.2) is 30.3 Å². The third-order valence-electron chi connectivity index (χ3n) is 1.96. The number of nitrogens with zero attached hydrogens (tertiary/aromatic N) is 2. The van der Waals surface area contributed by atoms with Crippen LogP contribution in [0.5, 0.6) is 0 Å². The number of hydrogen-bond donors (Lipinski definition) is 1. The van der Waals surface area contributed by atoms with Gasteiger partial charge in [0.15, 0.2) is 0 Å². The Balaban J connectivity index is 2.54. The molecule has 0 atom stereocenters. The SMILES string of the molecule is Cc1cc(N)nn1-c1cccc(I)c1. The Bertz CT molecular complexity index is 462. The summed E-state index contributed by atoms with van der Waals surface area (Å²) in [7, 11) is 0. The first-order valence-electron chi connectivity index (χ1n) is 4.25. The van der Waals surface area contributed by atoms with E-state index < -0.39 is 0 Å². The molecule has 0 aliphatic heterocycles. The van der Waals surface area contributed by atoms with Gasteiger partial charge in [0.2, 0.25) is 0 Å². The van der Waals surface area contributed by atoms with Crippen LogP contribution >= 0.6 is 22.6 Å². The van der Waals surface area contributed by atoms with E-state index in [1.165, 1.54) is 3.57 Å². The molecule has 1 aromatic heterocycles. The van der Waals surface area contributed by atoms with Crippen LogP contribution in [0, 0.1) is 10.5 Å². The molecule has 1 aromatic carbocycles. The lowest BCUT2D eigenvalue weighted by Crippen LogP contribution is -1.99. The molecule has 4 heteroatoms. The molecule has 0 aliphatic carbocycles. The van der Waals surface area contributed by atoms with Crippen LogP contribution in [0.3, 0.4) is 0 Å². The molecule has 2 N–H and O–H groups in total. The van der Waals surface area contributed by atoms with Crippen LogP contribution in [0.4, 0.5) is 5.82 Å². The first kappa shape index (κ1) is 9.51. The minimum Gasteiger partial charge on any atom is -0.382 e. The molecule has 1 heterocycles. The van der Waals surface area contributed by atoms with Gasteiger partial charge in [-0.25, -0.2) is 4.68 Å². The molecule has 14 heavy (non-hydrogen) atoms. The van der Waals surface area contributed by atoms with E-state index in [1.807, 2.05) is 35.9 Å². The van der Waals surface area contributed by atoms with E-state index in [1.54, 1.807) is 0 Å². The number of rotatable bonds is 1. The van der Waals surface area contributed by atoms with Crippen molar-refractivity contribution in [2.24, 2.45) is 0 Å². The second-order valence-corrected chi connectivity index (χ2v) is 4.35. The van der Waals surface area contributed by atoms with Gasteiger partial charge in [-0.1, -0.05) is 6.07 Å². The highest BCUT2D eigenvalue weighted by Crippen LogP contribution is 2.15. The van der Waals surface area contributed by atoms with Crippen molar-refractivity contribution in [1.82, 2.24) is 9.78 Å². The zero-order valence-corrected chi connectivity index (χ0v) is 9.89. The van der Waals surface area contributed by atoms with Crippen LogP contribution < -0.4 is 5.73 Å². The van der Waals surface area contributed by atoms with E-state index in [-0.39, 0.29) is 0 Å². The van der Waals surface area contributed by atoms with Crippen LogP contribution in [-0.4, -0.2) is 9.78 Å². The van der Waals surface area contributed by atoms with Gasteiger partial charge in [-0.2, -0.15) is 5.10 Å². The summed E-state index contributed by atoms with van der Waals surface area (Å²) in [5.41, 5.74) is 7.71. The first-order valence-corrected chi connectivity index (χ1v) is 5.33. The van der Waals surface area contributed by atoms with Gasteiger partial charge in [0.05, 0.1) is 5.69 Å². The van der Waals surface area contributed by atoms with Crippen molar-refractivity contribution in [2.75, 3.05) is 5.73 Å². The van der Waals surface area contributed by atoms with Crippen molar-refractivity contribution in [3.63, 3.8) is 0 Å². The predicted molar refractivity (Wildman–Crippen MR) is 65.4 cm³/mol.